The fourth-order valence-electron chi connectivity index (χ4n) is 4.34. The minimum atomic E-state index is -0.477. The Morgan fingerprint density at radius 1 is 1.15 bits per heavy atom. The van der Waals surface area contributed by atoms with Gasteiger partial charge in [-0.3, -0.25) is 9.59 Å². The van der Waals surface area contributed by atoms with Gasteiger partial charge in [-0.15, -0.1) is 11.3 Å². The number of nitrogens with zero attached hydrogens (tertiary/aromatic N) is 3. The van der Waals surface area contributed by atoms with E-state index in [4.69, 9.17) is 0 Å². The van der Waals surface area contributed by atoms with Crippen LogP contribution in [0.25, 0.3) is 0 Å². The monoisotopic (exact) mass is 456 g/mol. The highest BCUT2D eigenvalue weighted by Gasteiger charge is 2.45. The summed E-state index contributed by atoms with van der Waals surface area (Å²) in [5.41, 5.74) is 3.73. The third-order valence-corrected chi connectivity index (χ3v) is 6.87. The van der Waals surface area contributed by atoms with Crippen molar-refractivity contribution < 1.29 is 9.59 Å². The van der Waals surface area contributed by atoms with Gasteiger partial charge in [0.05, 0.1) is 18.3 Å². The second-order valence-electron chi connectivity index (χ2n) is 8.29. The number of hydrogen-bond donors (Lipinski definition) is 1. The van der Waals surface area contributed by atoms with E-state index in [1.807, 2.05) is 83.7 Å². The summed E-state index contributed by atoms with van der Waals surface area (Å²) in [7, 11) is 0. The molecule has 2 amide bonds. The van der Waals surface area contributed by atoms with Crippen molar-refractivity contribution in [1.82, 2.24) is 9.55 Å². The average molecular weight is 457 g/mol. The minimum Gasteiger partial charge on any atom is -0.333 e. The standard InChI is InChI=1S/C26H24N4O2S/c1-18-7-9-21(10-8-18)30-24(31)15-22(25(30)23-6-3-13-33-23)26(32)28-20-5-2-4-19(14-20)16-29-12-11-27-17-29/h2-14,17,22,25H,15-16H2,1H3,(H,28,32)/t22-,25+/m0/s1. The molecule has 2 aromatic heterocycles. The average Bonchev–Trinajstić information content (AvgIpc) is 3.56. The van der Waals surface area contributed by atoms with Crippen molar-refractivity contribution in [2.24, 2.45) is 5.92 Å². The Hall–Kier alpha value is -3.71. The second-order valence-corrected chi connectivity index (χ2v) is 9.27. The lowest BCUT2D eigenvalue weighted by atomic mass is 9.97. The number of hydrogen-bond acceptors (Lipinski definition) is 4. The molecule has 0 aliphatic carbocycles. The quantitative estimate of drug-likeness (QED) is 0.442. The SMILES string of the molecule is Cc1ccc(N2C(=O)C[C@H](C(=O)Nc3cccc(Cn4ccnc4)c3)[C@@H]2c2cccs2)cc1. The zero-order valence-electron chi connectivity index (χ0n) is 18.2. The number of amides is 2. The van der Waals surface area contributed by atoms with Gasteiger partial charge in [0.25, 0.3) is 0 Å². The van der Waals surface area contributed by atoms with Crippen molar-refractivity contribution in [3.8, 4) is 0 Å². The molecule has 3 heterocycles. The molecule has 1 N–H and O–H groups in total. The number of carbonyl (C=O) groups is 2. The molecule has 1 aliphatic rings. The van der Waals surface area contributed by atoms with E-state index in [9.17, 15) is 9.59 Å². The Kier molecular flexibility index (Phi) is 5.79. The normalized spacial score (nSPS) is 18.0. The van der Waals surface area contributed by atoms with Crippen molar-refractivity contribution in [3.05, 3.63) is 101 Å². The Labute approximate surface area is 196 Å². The number of nitrogens with one attached hydrogen (secondary N) is 1. The molecule has 1 aliphatic heterocycles. The maximum absolute atomic E-state index is 13.4. The molecule has 2 atom stereocenters. The number of aryl methyl sites for hydroxylation is 1. The van der Waals surface area contributed by atoms with Crippen molar-refractivity contribution in [1.29, 1.82) is 0 Å². The highest BCUT2D eigenvalue weighted by molar-refractivity contribution is 7.10. The molecule has 1 fully saturated rings. The number of anilines is 2. The van der Waals surface area contributed by atoms with Gasteiger partial charge < -0.3 is 14.8 Å². The second kappa shape index (κ2) is 9.03. The summed E-state index contributed by atoms with van der Waals surface area (Å²) in [5, 5.41) is 5.05. The van der Waals surface area contributed by atoms with Crippen LogP contribution in [0.5, 0.6) is 0 Å². The van der Waals surface area contributed by atoms with E-state index >= 15 is 0 Å². The van der Waals surface area contributed by atoms with Gasteiger partial charge in [-0.25, -0.2) is 4.98 Å². The van der Waals surface area contributed by atoms with Crippen LogP contribution in [0.15, 0.2) is 84.8 Å². The molecule has 0 bridgehead atoms. The number of rotatable bonds is 6. The predicted molar refractivity (Wildman–Crippen MR) is 130 cm³/mol. The van der Waals surface area contributed by atoms with Gasteiger partial charge in [-0.2, -0.15) is 0 Å². The molecule has 0 spiro atoms. The van der Waals surface area contributed by atoms with Gasteiger partial charge in [0.1, 0.15) is 0 Å². The molecule has 0 unspecified atom stereocenters. The lowest BCUT2D eigenvalue weighted by Gasteiger charge is -2.27. The molecule has 33 heavy (non-hydrogen) atoms. The fraction of sp³-hybridized carbons (Fsp3) is 0.192. The van der Waals surface area contributed by atoms with E-state index in [1.165, 1.54) is 0 Å². The van der Waals surface area contributed by atoms with Gasteiger partial charge in [-0.05, 0) is 48.2 Å². The first-order valence-electron chi connectivity index (χ1n) is 10.9. The van der Waals surface area contributed by atoms with Crippen LogP contribution in [0.2, 0.25) is 0 Å². The number of benzene rings is 2. The Balaban J connectivity index is 1.40. The molecule has 0 saturated carbocycles. The zero-order chi connectivity index (χ0) is 22.8. The predicted octanol–water partition coefficient (Wildman–Crippen LogP) is 5.03. The van der Waals surface area contributed by atoms with Crippen molar-refractivity contribution in [2.75, 3.05) is 10.2 Å². The third kappa shape index (κ3) is 4.45. The largest absolute Gasteiger partial charge is 0.333 e. The van der Waals surface area contributed by atoms with E-state index in [0.29, 0.717) is 6.54 Å². The van der Waals surface area contributed by atoms with Crippen LogP contribution < -0.4 is 10.2 Å². The van der Waals surface area contributed by atoms with Crippen LogP contribution in [-0.2, 0) is 16.1 Å². The lowest BCUT2D eigenvalue weighted by Crippen LogP contribution is -2.32. The Morgan fingerprint density at radius 3 is 2.73 bits per heavy atom. The molecule has 4 aromatic rings. The smallest absolute Gasteiger partial charge is 0.230 e. The molecule has 166 valence electrons. The maximum Gasteiger partial charge on any atom is 0.230 e. The Bertz CT molecular complexity index is 1250. The molecular weight excluding hydrogens is 432 g/mol. The molecular formula is C26H24N4O2S. The lowest BCUT2D eigenvalue weighted by molar-refractivity contribution is -0.122. The van der Waals surface area contributed by atoms with Crippen LogP contribution in [0, 0.1) is 12.8 Å². The summed E-state index contributed by atoms with van der Waals surface area (Å²) in [6.45, 7) is 2.69. The first kappa shape index (κ1) is 21.2. The van der Waals surface area contributed by atoms with E-state index in [0.717, 1.165) is 27.4 Å². The van der Waals surface area contributed by atoms with Gasteiger partial charge in [-0.1, -0.05) is 35.9 Å². The maximum atomic E-state index is 13.4. The van der Waals surface area contributed by atoms with Gasteiger partial charge >= 0.3 is 0 Å². The van der Waals surface area contributed by atoms with Gasteiger partial charge in [0, 0.05) is 41.6 Å². The van der Waals surface area contributed by atoms with Crippen molar-refractivity contribution in [3.63, 3.8) is 0 Å². The summed E-state index contributed by atoms with van der Waals surface area (Å²) in [6.07, 6.45) is 5.59. The number of aromatic nitrogens is 2. The fourth-order valence-corrected chi connectivity index (χ4v) is 5.22. The van der Waals surface area contributed by atoms with Gasteiger partial charge in [0.15, 0.2) is 0 Å². The third-order valence-electron chi connectivity index (χ3n) is 5.92. The number of imidazole rings is 1. The summed E-state index contributed by atoms with van der Waals surface area (Å²) in [4.78, 5) is 33.4. The number of carbonyl (C=O) groups excluding carboxylic acids is 2. The summed E-state index contributed by atoms with van der Waals surface area (Å²) in [6, 6.07) is 19.3. The molecule has 6 nitrogen and oxygen atoms in total. The van der Waals surface area contributed by atoms with E-state index in [-0.39, 0.29) is 24.3 Å². The van der Waals surface area contributed by atoms with E-state index < -0.39 is 5.92 Å². The summed E-state index contributed by atoms with van der Waals surface area (Å²) < 4.78 is 1.98. The molecule has 0 radical (unpaired) electrons. The topological polar surface area (TPSA) is 67.2 Å². The van der Waals surface area contributed by atoms with Crippen LogP contribution in [0.4, 0.5) is 11.4 Å². The van der Waals surface area contributed by atoms with Crippen molar-refractivity contribution >= 4 is 34.5 Å². The van der Waals surface area contributed by atoms with Gasteiger partial charge in [0.2, 0.25) is 11.8 Å². The van der Waals surface area contributed by atoms with E-state index in [1.54, 1.807) is 28.8 Å². The zero-order valence-corrected chi connectivity index (χ0v) is 19.0. The first-order valence-corrected chi connectivity index (χ1v) is 11.7. The highest BCUT2D eigenvalue weighted by Crippen LogP contribution is 2.43. The Morgan fingerprint density at radius 2 is 2.00 bits per heavy atom. The molecule has 7 heteroatoms. The van der Waals surface area contributed by atoms with Crippen LogP contribution in [0.3, 0.4) is 0 Å². The van der Waals surface area contributed by atoms with Crippen LogP contribution >= 0.6 is 11.3 Å². The molecule has 2 aromatic carbocycles. The number of thiophene rings is 1. The molecule has 5 rings (SSSR count). The highest BCUT2D eigenvalue weighted by atomic mass is 32.1. The van der Waals surface area contributed by atoms with Crippen LogP contribution in [0.1, 0.15) is 28.5 Å². The minimum absolute atomic E-state index is 0.0359. The summed E-state index contributed by atoms with van der Waals surface area (Å²) in [5.74, 6) is -0.655. The first-order chi connectivity index (χ1) is 16.1. The van der Waals surface area contributed by atoms with Crippen molar-refractivity contribution in [2.45, 2.75) is 25.9 Å². The van der Waals surface area contributed by atoms with E-state index in [2.05, 4.69) is 10.3 Å². The van der Waals surface area contributed by atoms with Crippen LogP contribution in [-0.4, -0.2) is 21.4 Å². The molecule has 1 saturated heterocycles. The summed E-state index contributed by atoms with van der Waals surface area (Å²) >= 11 is 1.57.